The minimum Gasteiger partial charge on any atom is -0.392 e. The van der Waals surface area contributed by atoms with Crippen molar-refractivity contribution in [1.82, 2.24) is 4.98 Å². The first kappa shape index (κ1) is 12.6. The summed E-state index contributed by atoms with van der Waals surface area (Å²) < 4.78 is 5.11. The standard InChI is InChI=1S/C12H17ClN2O2/c1-17-5-4-15(10-2-3-10)12-6-9(8-16)11(13)7-14-12/h6-7,10,16H,2-5,8H2,1H3. The molecule has 1 saturated carbocycles. The quantitative estimate of drug-likeness (QED) is 0.844. The maximum atomic E-state index is 9.20. The molecule has 0 radical (unpaired) electrons. The molecule has 0 aromatic carbocycles. The summed E-state index contributed by atoms with van der Waals surface area (Å²) >= 11 is 5.93. The van der Waals surface area contributed by atoms with Crippen molar-refractivity contribution in [1.29, 1.82) is 0 Å². The molecule has 17 heavy (non-hydrogen) atoms. The summed E-state index contributed by atoms with van der Waals surface area (Å²) in [6, 6.07) is 2.42. The summed E-state index contributed by atoms with van der Waals surface area (Å²) in [5, 5.41) is 9.71. The van der Waals surface area contributed by atoms with Gasteiger partial charge in [0, 0.05) is 31.5 Å². The first-order chi connectivity index (χ1) is 8.26. The number of hydrogen-bond donors (Lipinski definition) is 1. The minimum atomic E-state index is -0.0584. The second kappa shape index (κ2) is 5.67. The predicted octanol–water partition coefficient (Wildman–Crippen LogP) is 1.84. The van der Waals surface area contributed by atoms with E-state index >= 15 is 0 Å². The third-order valence-corrected chi connectivity index (χ3v) is 3.25. The molecular formula is C12H17ClN2O2. The lowest BCUT2D eigenvalue weighted by Gasteiger charge is -2.23. The Morgan fingerprint density at radius 3 is 2.94 bits per heavy atom. The third kappa shape index (κ3) is 3.09. The highest BCUT2D eigenvalue weighted by atomic mass is 35.5. The number of aromatic nitrogens is 1. The number of hydrogen-bond acceptors (Lipinski definition) is 4. The largest absolute Gasteiger partial charge is 0.392 e. The molecule has 1 aromatic heterocycles. The molecule has 1 aliphatic rings. The number of nitrogens with zero attached hydrogens (tertiary/aromatic N) is 2. The molecule has 0 atom stereocenters. The summed E-state index contributed by atoms with van der Waals surface area (Å²) in [6.07, 6.45) is 4.00. The van der Waals surface area contributed by atoms with Gasteiger partial charge in [0.15, 0.2) is 0 Å². The topological polar surface area (TPSA) is 45.6 Å². The van der Waals surface area contributed by atoms with Crippen LogP contribution in [0.3, 0.4) is 0 Å². The van der Waals surface area contributed by atoms with Gasteiger partial charge in [-0.15, -0.1) is 0 Å². The van der Waals surface area contributed by atoms with Crippen molar-refractivity contribution >= 4 is 17.4 Å². The van der Waals surface area contributed by atoms with Gasteiger partial charge >= 0.3 is 0 Å². The molecule has 1 heterocycles. The Morgan fingerprint density at radius 1 is 1.59 bits per heavy atom. The minimum absolute atomic E-state index is 0.0584. The third-order valence-electron chi connectivity index (χ3n) is 2.91. The molecule has 0 bridgehead atoms. The van der Waals surface area contributed by atoms with Crippen molar-refractivity contribution in [2.45, 2.75) is 25.5 Å². The second-order valence-corrected chi connectivity index (χ2v) is 4.62. The highest BCUT2D eigenvalue weighted by molar-refractivity contribution is 6.31. The highest BCUT2D eigenvalue weighted by Gasteiger charge is 2.29. The number of pyridine rings is 1. The Kier molecular flexibility index (Phi) is 4.20. The van der Waals surface area contributed by atoms with Crippen LogP contribution in [0, 0.1) is 0 Å². The van der Waals surface area contributed by atoms with Crippen molar-refractivity contribution in [3.8, 4) is 0 Å². The number of halogens is 1. The fourth-order valence-corrected chi connectivity index (χ4v) is 1.97. The van der Waals surface area contributed by atoms with Gasteiger partial charge in [0.2, 0.25) is 0 Å². The van der Waals surface area contributed by atoms with Crippen LogP contribution in [0.2, 0.25) is 5.02 Å². The van der Waals surface area contributed by atoms with E-state index in [2.05, 4.69) is 9.88 Å². The van der Waals surface area contributed by atoms with Crippen molar-refractivity contribution < 1.29 is 9.84 Å². The molecular weight excluding hydrogens is 240 g/mol. The summed E-state index contributed by atoms with van der Waals surface area (Å²) in [4.78, 5) is 6.55. The summed E-state index contributed by atoms with van der Waals surface area (Å²) in [5.41, 5.74) is 0.722. The van der Waals surface area contributed by atoms with Gasteiger partial charge in [0.1, 0.15) is 5.82 Å². The maximum absolute atomic E-state index is 9.20. The molecule has 2 rings (SSSR count). The monoisotopic (exact) mass is 256 g/mol. The number of aliphatic hydroxyl groups is 1. The van der Waals surface area contributed by atoms with Crippen LogP contribution in [-0.4, -0.2) is 36.4 Å². The number of rotatable bonds is 6. The van der Waals surface area contributed by atoms with Crippen molar-refractivity contribution in [3.05, 3.63) is 22.8 Å². The molecule has 1 N–H and O–H groups in total. The van der Waals surface area contributed by atoms with E-state index in [0.717, 1.165) is 17.9 Å². The molecule has 1 aliphatic carbocycles. The van der Waals surface area contributed by atoms with E-state index in [9.17, 15) is 5.11 Å². The zero-order valence-electron chi connectivity index (χ0n) is 9.90. The molecule has 0 unspecified atom stereocenters. The van der Waals surface area contributed by atoms with Crippen molar-refractivity contribution in [2.75, 3.05) is 25.2 Å². The molecule has 0 saturated heterocycles. The zero-order chi connectivity index (χ0) is 12.3. The van der Waals surface area contributed by atoms with Gasteiger partial charge in [-0.25, -0.2) is 4.98 Å². The molecule has 5 heteroatoms. The van der Waals surface area contributed by atoms with Crippen LogP contribution in [0.15, 0.2) is 12.3 Å². The predicted molar refractivity (Wildman–Crippen MR) is 67.4 cm³/mol. The summed E-state index contributed by atoms with van der Waals surface area (Å²) in [6.45, 7) is 1.44. The van der Waals surface area contributed by atoms with Crippen LogP contribution in [0.5, 0.6) is 0 Å². The molecule has 1 fully saturated rings. The fraction of sp³-hybridized carbons (Fsp3) is 0.583. The molecule has 0 aliphatic heterocycles. The Bertz CT molecular complexity index is 383. The van der Waals surface area contributed by atoms with Gasteiger partial charge in [-0.2, -0.15) is 0 Å². The van der Waals surface area contributed by atoms with Crippen LogP contribution < -0.4 is 4.90 Å². The molecule has 4 nitrogen and oxygen atoms in total. The second-order valence-electron chi connectivity index (χ2n) is 4.21. The van der Waals surface area contributed by atoms with E-state index in [1.54, 1.807) is 13.3 Å². The fourth-order valence-electron chi connectivity index (χ4n) is 1.81. The van der Waals surface area contributed by atoms with Crippen molar-refractivity contribution in [2.24, 2.45) is 0 Å². The lowest BCUT2D eigenvalue weighted by molar-refractivity contribution is 0.204. The lowest BCUT2D eigenvalue weighted by atomic mass is 10.2. The molecule has 94 valence electrons. The average molecular weight is 257 g/mol. The number of anilines is 1. The van der Waals surface area contributed by atoms with E-state index in [-0.39, 0.29) is 6.61 Å². The van der Waals surface area contributed by atoms with Gasteiger partial charge in [0.25, 0.3) is 0 Å². The van der Waals surface area contributed by atoms with Gasteiger partial charge in [-0.3, -0.25) is 0 Å². The smallest absolute Gasteiger partial charge is 0.129 e. The van der Waals surface area contributed by atoms with Crippen LogP contribution in [-0.2, 0) is 11.3 Å². The number of methoxy groups -OCH3 is 1. The maximum Gasteiger partial charge on any atom is 0.129 e. The van der Waals surface area contributed by atoms with E-state index in [1.807, 2.05) is 6.07 Å². The first-order valence-electron chi connectivity index (χ1n) is 5.77. The summed E-state index contributed by atoms with van der Waals surface area (Å²) in [7, 11) is 1.69. The van der Waals surface area contributed by atoms with Crippen LogP contribution in [0.4, 0.5) is 5.82 Å². The first-order valence-corrected chi connectivity index (χ1v) is 6.15. The van der Waals surface area contributed by atoms with Gasteiger partial charge in [-0.05, 0) is 18.9 Å². The lowest BCUT2D eigenvalue weighted by Crippen LogP contribution is -2.30. The zero-order valence-corrected chi connectivity index (χ0v) is 10.7. The van der Waals surface area contributed by atoms with Crippen LogP contribution in [0.25, 0.3) is 0 Å². The van der Waals surface area contributed by atoms with Gasteiger partial charge in [0.05, 0.1) is 18.2 Å². The molecule has 0 spiro atoms. The van der Waals surface area contributed by atoms with Crippen molar-refractivity contribution in [3.63, 3.8) is 0 Å². The van der Waals surface area contributed by atoms with Crippen LogP contribution in [0.1, 0.15) is 18.4 Å². The normalized spacial score (nSPS) is 15.0. The number of ether oxygens (including phenoxy) is 1. The Balaban J connectivity index is 2.16. The Labute approximate surface area is 106 Å². The van der Waals surface area contributed by atoms with E-state index in [4.69, 9.17) is 16.3 Å². The van der Waals surface area contributed by atoms with E-state index < -0.39 is 0 Å². The summed E-state index contributed by atoms with van der Waals surface area (Å²) in [5.74, 6) is 0.873. The Hall–Kier alpha value is -0.840. The highest BCUT2D eigenvalue weighted by Crippen LogP contribution is 2.31. The average Bonchev–Trinajstić information content (AvgIpc) is 3.16. The molecule has 1 aromatic rings. The number of aliphatic hydroxyl groups excluding tert-OH is 1. The molecule has 0 amide bonds. The SMILES string of the molecule is COCCN(c1cc(CO)c(Cl)cn1)C1CC1. The van der Waals surface area contributed by atoms with Gasteiger partial charge < -0.3 is 14.7 Å². The van der Waals surface area contributed by atoms with E-state index in [0.29, 0.717) is 17.7 Å². The Morgan fingerprint density at radius 2 is 2.35 bits per heavy atom. The van der Waals surface area contributed by atoms with E-state index in [1.165, 1.54) is 12.8 Å². The van der Waals surface area contributed by atoms with Crippen LogP contribution >= 0.6 is 11.6 Å². The van der Waals surface area contributed by atoms with Gasteiger partial charge in [-0.1, -0.05) is 11.6 Å².